The first kappa shape index (κ1) is 25.5. The van der Waals surface area contributed by atoms with Gasteiger partial charge in [-0.2, -0.15) is 5.10 Å². The lowest BCUT2D eigenvalue weighted by Gasteiger charge is -2.30. The lowest BCUT2D eigenvalue weighted by molar-refractivity contribution is 0.192. The molecular formula is C21H37IN6O. The van der Waals surface area contributed by atoms with E-state index in [1.54, 1.807) is 6.26 Å². The number of rotatable bonds is 9. The molecule has 0 saturated heterocycles. The highest BCUT2D eigenvalue weighted by atomic mass is 127. The molecule has 0 fully saturated rings. The average molecular weight is 516 g/mol. The van der Waals surface area contributed by atoms with Crippen molar-refractivity contribution in [2.45, 2.75) is 46.2 Å². The summed E-state index contributed by atoms with van der Waals surface area (Å²) in [7, 11) is 5.86. The van der Waals surface area contributed by atoms with E-state index in [0.29, 0.717) is 5.92 Å². The predicted octanol–water partition coefficient (Wildman–Crippen LogP) is 3.84. The number of nitrogens with one attached hydrogen (secondary N) is 1. The zero-order valence-corrected chi connectivity index (χ0v) is 21.2. The Bertz CT molecular complexity index is 736. The highest BCUT2D eigenvalue weighted by Gasteiger charge is 2.22. The number of halogens is 1. The fourth-order valence-electron chi connectivity index (χ4n) is 3.62. The van der Waals surface area contributed by atoms with Crippen LogP contribution in [0.1, 0.15) is 56.7 Å². The molecule has 164 valence electrons. The van der Waals surface area contributed by atoms with Gasteiger partial charge >= 0.3 is 0 Å². The number of furan rings is 1. The van der Waals surface area contributed by atoms with Gasteiger partial charge in [0.1, 0.15) is 5.76 Å². The maximum Gasteiger partial charge on any atom is 0.193 e. The number of guanidine groups is 1. The molecule has 2 aromatic heterocycles. The van der Waals surface area contributed by atoms with Crippen molar-refractivity contribution in [2.24, 2.45) is 12.0 Å². The minimum atomic E-state index is 0. The van der Waals surface area contributed by atoms with Gasteiger partial charge in [0.15, 0.2) is 5.96 Å². The topological polar surface area (TPSA) is 61.8 Å². The monoisotopic (exact) mass is 516 g/mol. The van der Waals surface area contributed by atoms with Crippen LogP contribution in [-0.2, 0) is 13.6 Å². The normalized spacial score (nSPS) is 12.9. The van der Waals surface area contributed by atoms with Crippen LogP contribution in [-0.4, -0.2) is 59.3 Å². The van der Waals surface area contributed by atoms with E-state index in [2.05, 4.69) is 66.1 Å². The maximum atomic E-state index is 5.70. The number of hydrogen-bond acceptors (Lipinski definition) is 4. The first-order valence-corrected chi connectivity index (χ1v) is 10.1. The molecular weight excluding hydrogens is 479 g/mol. The Morgan fingerprint density at radius 1 is 1.31 bits per heavy atom. The molecule has 2 heterocycles. The van der Waals surface area contributed by atoms with Gasteiger partial charge in [-0.3, -0.25) is 14.6 Å². The van der Waals surface area contributed by atoms with Gasteiger partial charge in [-0.05, 0) is 31.1 Å². The van der Waals surface area contributed by atoms with Crippen molar-refractivity contribution in [1.82, 2.24) is 24.9 Å². The van der Waals surface area contributed by atoms with E-state index in [1.165, 1.54) is 5.56 Å². The Morgan fingerprint density at radius 3 is 2.52 bits per heavy atom. The van der Waals surface area contributed by atoms with Gasteiger partial charge in [0.05, 0.1) is 18.0 Å². The molecule has 0 aromatic carbocycles. The zero-order chi connectivity index (χ0) is 20.7. The quantitative estimate of drug-likeness (QED) is 0.312. The lowest BCUT2D eigenvalue weighted by atomic mass is 10.1. The summed E-state index contributed by atoms with van der Waals surface area (Å²) in [4.78, 5) is 9.01. The molecule has 7 nitrogen and oxygen atoms in total. The molecule has 0 amide bonds. The minimum Gasteiger partial charge on any atom is -0.468 e. The molecule has 1 atom stereocenters. The van der Waals surface area contributed by atoms with Crippen LogP contribution < -0.4 is 5.32 Å². The van der Waals surface area contributed by atoms with E-state index < -0.39 is 0 Å². The zero-order valence-electron chi connectivity index (χ0n) is 18.8. The molecule has 0 aliphatic heterocycles. The van der Waals surface area contributed by atoms with E-state index in [9.17, 15) is 0 Å². The molecule has 29 heavy (non-hydrogen) atoms. The third-order valence-electron chi connectivity index (χ3n) is 5.04. The predicted molar refractivity (Wildman–Crippen MR) is 130 cm³/mol. The Labute approximate surface area is 192 Å². The molecule has 0 spiro atoms. The molecule has 1 N–H and O–H groups in total. The van der Waals surface area contributed by atoms with Crippen LogP contribution in [0.4, 0.5) is 0 Å². The van der Waals surface area contributed by atoms with E-state index >= 15 is 0 Å². The van der Waals surface area contributed by atoms with Crippen LogP contribution in [0, 0.1) is 0 Å². The largest absolute Gasteiger partial charge is 0.468 e. The van der Waals surface area contributed by atoms with E-state index in [1.807, 2.05) is 30.9 Å². The first-order valence-electron chi connectivity index (χ1n) is 10.1. The van der Waals surface area contributed by atoms with Crippen molar-refractivity contribution in [2.75, 3.05) is 33.7 Å². The fourth-order valence-corrected chi connectivity index (χ4v) is 3.62. The van der Waals surface area contributed by atoms with E-state index in [0.717, 1.165) is 43.6 Å². The third kappa shape index (κ3) is 6.74. The number of hydrogen-bond donors (Lipinski definition) is 1. The second kappa shape index (κ2) is 12.2. The Hall–Kier alpha value is -1.55. The molecule has 0 aliphatic carbocycles. The molecule has 2 aromatic rings. The standard InChI is InChI=1S/C21H36N6O.HI/c1-8-27(9-2)18(19-11-10-12-28-19)13-23-21(22-5)25(6)14-17-15-26(7)24-20(17)16(3)4;/h10-12,15-16,18H,8-9,13-14H2,1-7H3,(H,22,23);1H. The summed E-state index contributed by atoms with van der Waals surface area (Å²) in [5.74, 6) is 2.23. The number of nitrogens with zero attached hydrogens (tertiary/aromatic N) is 5. The smallest absolute Gasteiger partial charge is 0.193 e. The number of aryl methyl sites for hydroxylation is 1. The molecule has 8 heteroatoms. The minimum absolute atomic E-state index is 0. The molecule has 2 rings (SSSR count). The number of aromatic nitrogens is 2. The Kier molecular flexibility index (Phi) is 10.7. The van der Waals surface area contributed by atoms with Crippen LogP contribution >= 0.6 is 24.0 Å². The van der Waals surface area contributed by atoms with Crippen molar-refractivity contribution in [3.63, 3.8) is 0 Å². The van der Waals surface area contributed by atoms with Gasteiger partial charge in [0.25, 0.3) is 0 Å². The number of aliphatic imine (C=N–C) groups is 1. The summed E-state index contributed by atoms with van der Waals surface area (Å²) in [6.07, 6.45) is 3.84. The van der Waals surface area contributed by atoms with Gasteiger partial charge in [0.2, 0.25) is 0 Å². The summed E-state index contributed by atoms with van der Waals surface area (Å²) in [5, 5.41) is 8.14. The van der Waals surface area contributed by atoms with Crippen LogP contribution in [0.3, 0.4) is 0 Å². The van der Waals surface area contributed by atoms with E-state index in [4.69, 9.17) is 4.42 Å². The number of likely N-dealkylation sites (N-methyl/N-ethyl adjacent to an activating group) is 1. The van der Waals surface area contributed by atoms with Crippen LogP contribution in [0.2, 0.25) is 0 Å². The van der Waals surface area contributed by atoms with Gasteiger partial charge < -0.3 is 14.6 Å². The SMILES string of the molecule is CCN(CC)C(CNC(=NC)N(C)Cc1cn(C)nc1C(C)C)c1ccco1.I. The summed E-state index contributed by atoms with van der Waals surface area (Å²) >= 11 is 0. The van der Waals surface area contributed by atoms with Gasteiger partial charge in [0, 0.05) is 46.0 Å². The second-order valence-electron chi connectivity index (χ2n) is 7.40. The first-order chi connectivity index (χ1) is 13.4. The highest BCUT2D eigenvalue weighted by Crippen LogP contribution is 2.21. The molecule has 0 saturated carbocycles. The van der Waals surface area contributed by atoms with Crippen LogP contribution in [0.5, 0.6) is 0 Å². The van der Waals surface area contributed by atoms with Gasteiger partial charge in [-0.15, -0.1) is 24.0 Å². The summed E-state index contributed by atoms with van der Waals surface area (Å²) in [6.45, 7) is 12.1. The van der Waals surface area contributed by atoms with Crippen molar-refractivity contribution < 1.29 is 4.42 Å². The van der Waals surface area contributed by atoms with Crippen molar-refractivity contribution in [3.05, 3.63) is 41.6 Å². The van der Waals surface area contributed by atoms with Crippen LogP contribution in [0.15, 0.2) is 34.0 Å². The average Bonchev–Trinajstić information content (AvgIpc) is 3.31. The van der Waals surface area contributed by atoms with Gasteiger partial charge in [-0.1, -0.05) is 27.7 Å². The van der Waals surface area contributed by atoms with Crippen molar-refractivity contribution >= 4 is 29.9 Å². The van der Waals surface area contributed by atoms with Gasteiger partial charge in [-0.25, -0.2) is 0 Å². The molecule has 0 bridgehead atoms. The molecule has 1 unspecified atom stereocenters. The van der Waals surface area contributed by atoms with Crippen molar-refractivity contribution in [3.8, 4) is 0 Å². The third-order valence-corrected chi connectivity index (χ3v) is 5.04. The fraction of sp³-hybridized carbons (Fsp3) is 0.619. The van der Waals surface area contributed by atoms with Crippen molar-refractivity contribution in [1.29, 1.82) is 0 Å². The summed E-state index contributed by atoms with van der Waals surface area (Å²) < 4.78 is 7.59. The van der Waals surface area contributed by atoms with E-state index in [-0.39, 0.29) is 30.0 Å². The molecule has 0 radical (unpaired) electrons. The Balaban J connectivity index is 0.00000420. The maximum absolute atomic E-state index is 5.70. The molecule has 0 aliphatic rings. The van der Waals surface area contributed by atoms with Crippen LogP contribution in [0.25, 0.3) is 0 Å². The lowest BCUT2D eigenvalue weighted by Crippen LogP contribution is -2.43. The Morgan fingerprint density at radius 2 is 2.00 bits per heavy atom. The highest BCUT2D eigenvalue weighted by molar-refractivity contribution is 14.0. The summed E-state index contributed by atoms with van der Waals surface area (Å²) in [6, 6.07) is 4.16. The second-order valence-corrected chi connectivity index (χ2v) is 7.40. The summed E-state index contributed by atoms with van der Waals surface area (Å²) in [5.41, 5.74) is 2.37.